The van der Waals surface area contributed by atoms with Crippen molar-refractivity contribution in [3.8, 4) is 5.75 Å². The van der Waals surface area contributed by atoms with Gasteiger partial charge in [0, 0.05) is 10.0 Å². The van der Waals surface area contributed by atoms with Crippen LogP contribution in [-0.2, 0) is 9.53 Å². The Morgan fingerprint density at radius 3 is 2.35 bits per heavy atom. The Hall–Kier alpha value is -1.13. The second kappa shape index (κ2) is 8.11. The average Bonchev–Trinajstić information content (AvgIpc) is 2.38. The number of hydrogen-bond acceptors (Lipinski definition) is 4. The number of rotatable bonds is 5. The minimum atomic E-state index is -5.10. The van der Waals surface area contributed by atoms with E-state index in [-0.39, 0.29) is 23.5 Å². The molecule has 1 rings (SSSR count). The monoisotopic (exact) mass is 427 g/mol. The van der Waals surface area contributed by atoms with Crippen LogP contribution in [0.2, 0.25) is 0 Å². The van der Waals surface area contributed by atoms with E-state index in [4.69, 9.17) is 5.73 Å². The van der Waals surface area contributed by atoms with Gasteiger partial charge in [-0.1, -0.05) is 15.9 Å². The molecule has 0 aliphatic carbocycles. The van der Waals surface area contributed by atoms with Crippen molar-refractivity contribution < 1.29 is 36.2 Å². The maximum atomic E-state index is 13.9. The smallest absolute Gasteiger partial charge is 0.462 e. The summed E-state index contributed by atoms with van der Waals surface area (Å²) in [5.74, 6) is -7.08. The molecule has 0 saturated carbocycles. The fourth-order valence-corrected chi connectivity index (χ4v) is 1.91. The van der Waals surface area contributed by atoms with E-state index in [2.05, 4.69) is 25.4 Å². The van der Waals surface area contributed by atoms with Crippen molar-refractivity contribution in [3.63, 3.8) is 0 Å². The highest BCUT2D eigenvalue weighted by Crippen LogP contribution is 2.38. The van der Waals surface area contributed by atoms with E-state index < -0.39 is 35.6 Å². The second-order valence-corrected chi connectivity index (χ2v) is 4.97. The first-order chi connectivity index (χ1) is 9.99. The number of hydrogen-bond donors (Lipinski definition) is 1. The van der Waals surface area contributed by atoms with E-state index in [0.717, 1.165) is 18.2 Å². The van der Waals surface area contributed by atoms with E-state index >= 15 is 0 Å². The fraction of sp³-hybridized carbons (Fsp3) is 0.417. The van der Waals surface area contributed by atoms with Gasteiger partial charge in [0.2, 0.25) is 0 Å². The summed E-state index contributed by atoms with van der Waals surface area (Å²) in [5, 5.41) is 0. The molecule has 0 bridgehead atoms. The summed E-state index contributed by atoms with van der Waals surface area (Å²) in [6.07, 6.45) is -5.10. The van der Waals surface area contributed by atoms with Gasteiger partial charge in [-0.05, 0) is 25.1 Å². The standard InChI is InChI=1S/C12H11BrF5NO3.ClH/c1-2-21-10(20)11(14,15)9(19)7-5-6(13)3-4-8(7)22-12(16,17)18;/h3-5,9H,2,19H2,1H3;1H/t9-;/m0./s1. The topological polar surface area (TPSA) is 61.5 Å². The van der Waals surface area contributed by atoms with Gasteiger partial charge >= 0.3 is 18.3 Å². The third-order valence-electron chi connectivity index (χ3n) is 2.47. The van der Waals surface area contributed by atoms with Crippen LogP contribution in [0, 0.1) is 0 Å². The lowest BCUT2D eigenvalue weighted by Crippen LogP contribution is -2.42. The van der Waals surface area contributed by atoms with Crippen molar-refractivity contribution in [1.82, 2.24) is 0 Å². The fourth-order valence-electron chi connectivity index (χ4n) is 1.53. The summed E-state index contributed by atoms with van der Waals surface area (Å²) >= 11 is 2.93. The van der Waals surface area contributed by atoms with E-state index in [1.165, 1.54) is 6.92 Å². The Morgan fingerprint density at radius 2 is 1.87 bits per heavy atom. The Bertz CT molecular complexity index is 556. The predicted octanol–water partition coefficient (Wildman–Crippen LogP) is 3.97. The summed E-state index contributed by atoms with van der Waals surface area (Å²) in [7, 11) is 0. The van der Waals surface area contributed by atoms with Crippen molar-refractivity contribution in [3.05, 3.63) is 28.2 Å². The maximum absolute atomic E-state index is 13.9. The predicted molar refractivity (Wildman–Crippen MR) is 76.6 cm³/mol. The number of carbonyl (C=O) groups is 1. The molecule has 1 aromatic rings. The van der Waals surface area contributed by atoms with Crippen LogP contribution in [0.15, 0.2) is 22.7 Å². The number of carbonyl (C=O) groups excluding carboxylic acids is 1. The molecule has 0 saturated heterocycles. The third-order valence-corrected chi connectivity index (χ3v) is 2.96. The molecular weight excluding hydrogens is 416 g/mol. The van der Waals surface area contributed by atoms with Crippen LogP contribution >= 0.6 is 28.3 Å². The lowest BCUT2D eigenvalue weighted by Gasteiger charge is -2.24. The molecule has 2 N–H and O–H groups in total. The summed E-state index contributed by atoms with van der Waals surface area (Å²) in [4.78, 5) is 11.2. The lowest BCUT2D eigenvalue weighted by atomic mass is 10.0. The molecule has 0 spiro atoms. The van der Waals surface area contributed by atoms with Crippen LogP contribution in [-0.4, -0.2) is 24.9 Å². The zero-order valence-electron chi connectivity index (χ0n) is 11.5. The highest BCUT2D eigenvalue weighted by atomic mass is 79.9. The SMILES string of the molecule is CCOC(=O)C(F)(F)[C@@H](N)c1cc(Br)ccc1OC(F)(F)F.Cl. The largest absolute Gasteiger partial charge is 0.573 e. The first-order valence-electron chi connectivity index (χ1n) is 5.84. The van der Waals surface area contributed by atoms with Crippen molar-refractivity contribution in [2.24, 2.45) is 5.73 Å². The molecule has 0 unspecified atom stereocenters. The van der Waals surface area contributed by atoms with E-state index in [0.29, 0.717) is 0 Å². The number of ether oxygens (including phenoxy) is 2. The number of alkyl halides is 5. The average molecular weight is 429 g/mol. The minimum Gasteiger partial charge on any atom is -0.462 e. The first-order valence-corrected chi connectivity index (χ1v) is 6.64. The minimum absolute atomic E-state index is 0. The Balaban J connectivity index is 0.00000484. The van der Waals surface area contributed by atoms with Crippen molar-refractivity contribution in [2.45, 2.75) is 25.3 Å². The Morgan fingerprint density at radius 1 is 1.30 bits per heavy atom. The molecule has 23 heavy (non-hydrogen) atoms. The molecule has 1 aromatic carbocycles. The first kappa shape index (κ1) is 21.9. The Labute approximate surface area is 142 Å². The maximum Gasteiger partial charge on any atom is 0.573 e. The van der Waals surface area contributed by atoms with Gasteiger partial charge in [0.25, 0.3) is 0 Å². The molecule has 0 heterocycles. The van der Waals surface area contributed by atoms with Crippen LogP contribution < -0.4 is 10.5 Å². The molecule has 132 valence electrons. The summed E-state index contributed by atoms with van der Waals surface area (Å²) in [5.41, 5.74) is 4.58. The van der Waals surface area contributed by atoms with E-state index in [1.54, 1.807) is 0 Å². The molecule has 0 aliphatic rings. The molecule has 0 fully saturated rings. The summed E-state index contributed by atoms with van der Waals surface area (Å²) in [6.45, 7) is 0.975. The molecule has 11 heteroatoms. The molecule has 0 radical (unpaired) electrons. The molecular formula is C12H12BrClF5NO3. The highest BCUT2D eigenvalue weighted by molar-refractivity contribution is 9.10. The molecule has 0 aliphatic heterocycles. The quantitative estimate of drug-likeness (QED) is 0.569. The van der Waals surface area contributed by atoms with Crippen LogP contribution in [0.4, 0.5) is 22.0 Å². The van der Waals surface area contributed by atoms with Gasteiger partial charge in [0.15, 0.2) is 0 Å². The normalized spacial score (nSPS) is 13.0. The van der Waals surface area contributed by atoms with Gasteiger partial charge in [-0.2, -0.15) is 8.78 Å². The van der Waals surface area contributed by atoms with E-state index in [9.17, 15) is 26.7 Å². The van der Waals surface area contributed by atoms with Crippen LogP contribution in [0.3, 0.4) is 0 Å². The summed E-state index contributed by atoms with van der Waals surface area (Å²) in [6, 6.07) is 0.508. The third kappa shape index (κ3) is 5.78. The Kier molecular flexibility index (Phi) is 7.71. The number of nitrogens with two attached hydrogens (primary N) is 1. The van der Waals surface area contributed by atoms with Gasteiger partial charge in [-0.15, -0.1) is 25.6 Å². The number of esters is 1. The highest BCUT2D eigenvalue weighted by Gasteiger charge is 2.49. The second-order valence-electron chi connectivity index (χ2n) is 4.05. The zero-order valence-corrected chi connectivity index (χ0v) is 13.9. The summed E-state index contributed by atoms with van der Waals surface area (Å²) < 4.78 is 72.7. The molecule has 4 nitrogen and oxygen atoms in total. The van der Waals surface area contributed by atoms with Crippen molar-refractivity contribution >= 4 is 34.3 Å². The van der Waals surface area contributed by atoms with Gasteiger partial charge in [0.1, 0.15) is 11.8 Å². The van der Waals surface area contributed by atoms with E-state index in [1.807, 2.05) is 0 Å². The van der Waals surface area contributed by atoms with Crippen LogP contribution in [0.25, 0.3) is 0 Å². The van der Waals surface area contributed by atoms with Gasteiger partial charge in [-0.3, -0.25) is 0 Å². The lowest BCUT2D eigenvalue weighted by molar-refractivity contribution is -0.275. The van der Waals surface area contributed by atoms with Crippen LogP contribution in [0.5, 0.6) is 5.75 Å². The van der Waals surface area contributed by atoms with Gasteiger partial charge in [-0.25, -0.2) is 4.79 Å². The molecule has 0 amide bonds. The van der Waals surface area contributed by atoms with Crippen LogP contribution in [0.1, 0.15) is 18.5 Å². The number of benzene rings is 1. The van der Waals surface area contributed by atoms with Crippen molar-refractivity contribution in [1.29, 1.82) is 0 Å². The van der Waals surface area contributed by atoms with Crippen molar-refractivity contribution in [2.75, 3.05) is 6.61 Å². The van der Waals surface area contributed by atoms with Gasteiger partial charge < -0.3 is 15.2 Å². The zero-order chi connectivity index (χ0) is 17.1. The molecule has 1 atom stereocenters. The number of halogens is 7. The molecule has 0 aromatic heterocycles. The van der Waals surface area contributed by atoms with Gasteiger partial charge in [0.05, 0.1) is 6.61 Å².